The molecular weight excluding hydrogens is 348 g/mol. The van der Waals surface area contributed by atoms with Gasteiger partial charge in [0.1, 0.15) is 0 Å². The zero-order valence-corrected chi connectivity index (χ0v) is 15.1. The van der Waals surface area contributed by atoms with E-state index in [2.05, 4.69) is 25.4 Å². The second-order valence-electron chi connectivity index (χ2n) is 5.76. The predicted molar refractivity (Wildman–Crippen MR) is 98.3 cm³/mol. The lowest BCUT2D eigenvalue weighted by Crippen LogP contribution is -1.95. The molecule has 0 aliphatic rings. The number of aromatic nitrogens is 6. The van der Waals surface area contributed by atoms with Gasteiger partial charge in [0.15, 0.2) is 11.0 Å². The lowest BCUT2D eigenvalue weighted by Gasteiger charge is -2.02. The van der Waals surface area contributed by atoms with Gasteiger partial charge >= 0.3 is 0 Å². The molecule has 130 valence electrons. The Kier molecular flexibility index (Phi) is 4.49. The highest BCUT2D eigenvalue weighted by atomic mass is 32.2. The van der Waals surface area contributed by atoms with Gasteiger partial charge in [-0.25, -0.2) is 0 Å². The summed E-state index contributed by atoms with van der Waals surface area (Å²) in [5.41, 5.74) is 3.05. The Labute approximate surface area is 154 Å². The summed E-state index contributed by atoms with van der Waals surface area (Å²) in [6.07, 6.45) is 3.48. The first-order valence-electron chi connectivity index (χ1n) is 8.03. The molecule has 3 aromatic heterocycles. The number of benzene rings is 1. The molecule has 4 rings (SSSR count). The van der Waals surface area contributed by atoms with Gasteiger partial charge in [0, 0.05) is 30.6 Å². The Bertz CT molecular complexity index is 1030. The van der Waals surface area contributed by atoms with E-state index in [0.717, 1.165) is 27.7 Å². The average Bonchev–Trinajstić information content (AvgIpc) is 3.28. The fraction of sp³-hybridized carbons (Fsp3) is 0.167. The molecule has 8 heteroatoms. The number of nitrogens with zero attached hydrogens (tertiary/aromatic N) is 6. The maximum absolute atomic E-state index is 5.77. The van der Waals surface area contributed by atoms with Gasteiger partial charge in [-0.15, -0.1) is 20.4 Å². The highest BCUT2D eigenvalue weighted by Gasteiger charge is 2.14. The van der Waals surface area contributed by atoms with E-state index in [-0.39, 0.29) is 0 Å². The third-order valence-electron chi connectivity index (χ3n) is 3.83. The van der Waals surface area contributed by atoms with Crippen molar-refractivity contribution in [2.75, 3.05) is 0 Å². The van der Waals surface area contributed by atoms with Gasteiger partial charge in [-0.2, -0.15) is 0 Å². The van der Waals surface area contributed by atoms with Gasteiger partial charge < -0.3 is 8.98 Å². The summed E-state index contributed by atoms with van der Waals surface area (Å²) in [6.45, 7) is 2.03. The second-order valence-corrected chi connectivity index (χ2v) is 6.70. The van der Waals surface area contributed by atoms with Crippen LogP contribution in [0.3, 0.4) is 0 Å². The van der Waals surface area contributed by atoms with E-state index in [9.17, 15) is 0 Å². The van der Waals surface area contributed by atoms with Crippen LogP contribution in [0.2, 0.25) is 0 Å². The lowest BCUT2D eigenvalue weighted by atomic mass is 10.1. The first kappa shape index (κ1) is 16.5. The molecule has 0 N–H and O–H groups in total. The summed E-state index contributed by atoms with van der Waals surface area (Å²) in [5, 5.41) is 17.6. The van der Waals surface area contributed by atoms with Gasteiger partial charge in [-0.05, 0) is 31.2 Å². The van der Waals surface area contributed by atoms with Crippen LogP contribution in [0.4, 0.5) is 0 Å². The monoisotopic (exact) mass is 364 g/mol. The molecule has 26 heavy (non-hydrogen) atoms. The lowest BCUT2D eigenvalue weighted by molar-refractivity contribution is 0.528. The van der Waals surface area contributed by atoms with Crippen molar-refractivity contribution >= 4 is 11.8 Å². The summed E-state index contributed by atoms with van der Waals surface area (Å²) in [4.78, 5) is 4.03. The summed E-state index contributed by atoms with van der Waals surface area (Å²) in [7, 11) is 1.93. The number of hydrogen-bond donors (Lipinski definition) is 0. The fourth-order valence-electron chi connectivity index (χ4n) is 2.53. The molecule has 0 spiro atoms. The Morgan fingerprint density at radius 1 is 1.00 bits per heavy atom. The molecule has 4 aromatic rings. The molecular formula is C18H16N6OS. The molecule has 0 saturated carbocycles. The zero-order chi connectivity index (χ0) is 17.9. The van der Waals surface area contributed by atoms with Crippen molar-refractivity contribution in [3.63, 3.8) is 0 Å². The molecule has 0 amide bonds. The van der Waals surface area contributed by atoms with E-state index in [1.54, 1.807) is 12.4 Å². The van der Waals surface area contributed by atoms with Crippen LogP contribution >= 0.6 is 11.8 Å². The molecule has 0 radical (unpaired) electrons. The van der Waals surface area contributed by atoms with Crippen LogP contribution in [-0.2, 0) is 12.8 Å². The van der Waals surface area contributed by atoms with E-state index in [1.807, 2.05) is 54.9 Å². The smallest absolute Gasteiger partial charge is 0.247 e. The average molecular weight is 364 g/mol. The molecule has 1 aromatic carbocycles. The molecule has 0 unspecified atom stereocenters. The number of thioether (sulfide) groups is 1. The summed E-state index contributed by atoms with van der Waals surface area (Å²) >= 11 is 1.50. The third kappa shape index (κ3) is 3.36. The standard InChI is InChI=1S/C18H16N6OS/c1-12-4-3-5-14(10-12)17-22-20-15(25-17)11-26-18-23-21-16(24(18)2)13-6-8-19-9-7-13/h3-10H,11H2,1-2H3. The highest BCUT2D eigenvalue weighted by molar-refractivity contribution is 7.98. The van der Waals surface area contributed by atoms with E-state index in [4.69, 9.17) is 4.42 Å². The number of pyridine rings is 1. The van der Waals surface area contributed by atoms with E-state index in [0.29, 0.717) is 17.5 Å². The van der Waals surface area contributed by atoms with E-state index >= 15 is 0 Å². The predicted octanol–water partition coefficient (Wildman–Crippen LogP) is 3.53. The summed E-state index contributed by atoms with van der Waals surface area (Å²) < 4.78 is 7.71. The van der Waals surface area contributed by atoms with Crippen molar-refractivity contribution in [2.45, 2.75) is 17.8 Å². The molecule has 3 heterocycles. The van der Waals surface area contributed by atoms with Gasteiger partial charge in [-0.1, -0.05) is 29.5 Å². The van der Waals surface area contributed by atoms with Crippen LogP contribution in [0.15, 0.2) is 58.4 Å². The Morgan fingerprint density at radius 2 is 1.85 bits per heavy atom. The Morgan fingerprint density at radius 3 is 2.65 bits per heavy atom. The van der Waals surface area contributed by atoms with E-state index < -0.39 is 0 Å². The van der Waals surface area contributed by atoms with Gasteiger partial charge in [-0.3, -0.25) is 4.98 Å². The largest absolute Gasteiger partial charge is 0.420 e. The van der Waals surface area contributed by atoms with Crippen molar-refractivity contribution in [2.24, 2.45) is 7.05 Å². The molecule has 0 saturated heterocycles. The second kappa shape index (κ2) is 7.09. The van der Waals surface area contributed by atoms with Gasteiger partial charge in [0.25, 0.3) is 0 Å². The van der Waals surface area contributed by atoms with Crippen molar-refractivity contribution in [3.05, 3.63) is 60.2 Å². The normalized spacial score (nSPS) is 11.0. The van der Waals surface area contributed by atoms with Crippen LogP contribution in [0.5, 0.6) is 0 Å². The van der Waals surface area contributed by atoms with Crippen molar-refractivity contribution in [3.8, 4) is 22.8 Å². The van der Waals surface area contributed by atoms with Crippen molar-refractivity contribution in [1.82, 2.24) is 29.9 Å². The number of hydrogen-bond acceptors (Lipinski definition) is 7. The topological polar surface area (TPSA) is 82.5 Å². The minimum atomic E-state index is 0.528. The molecule has 0 aliphatic carbocycles. The quantitative estimate of drug-likeness (QED) is 0.501. The zero-order valence-electron chi connectivity index (χ0n) is 14.3. The fourth-order valence-corrected chi connectivity index (χ4v) is 3.27. The van der Waals surface area contributed by atoms with Crippen LogP contribution in [0.25, 0.3) is 22.8 Å². The van der Waals surface area contributed by atoms with Crippen LogP contribution in [0.1, 0.15) is 11.5 Å². The SMILES string of the molecule is Cc1cccc(-c2nnc(CSc3nnc(-c4ccncc4)n3C)o2)c1. The number of aryl methyl sites for hydroxylation is 1. The molecule has 0 aliphatic heterocycles. The van der Waals surface area contributed by atoms with Crippen LogP contribution in [-0.4, -0.2) is 29.9 Å². The first-order valence-corrected chi connectivity index (χ1v) is 9.01. The van der Waals surface area contributed by atoms with E-state index in [1.165, 1.54) is 11.8 Å². The summed E-state index contributed by atoms with van der Waals surface area (Å²) in [5.74, 6) is 2.40. The highest BCUT2D eigenvalue weighted by Crippen LogP contribution is 2.26. The van der Waals surface area contributed by atoms with Crippen LogP contribution < -0.4 is 0 Å². The Balaban J connectivity index is 1.48. The van der Waals surface area contributed by atoms with Crippen molar-refractivity contribution in [1.29, 1.82) is 0 Å². The summed E-state index contributed by atoms with van der Waals surface area (Å²) in [6, 6.07) is 11.8. The Hall–Kier alpha value is -3.00. The third-order valence-corrected chi connectivity index (χ3v) is 4.84. The molecule has 0 atom stereocenters. The van der Waals surface area contributed by atoms with Gasteiger partial charge in [0.2, 0.25) is 11.8 Å². The van der Waals surface area contributed by atoms with Crippen LogP contribution in [0, 0.1) is 6.92 Å². The maximum atomic E-state index is 5.77. The molecule has 7 nitrogen and oxygen atoms in total. The van der Waals surface area contributed by atoms with Gasteiger partial charge in [0.05, 0.1) is 5.75 Å². The maximum Gasteiger partial charge on any atom is 0.247 e. The van der Waals surface area contributed by atoms with Crippen molar-refractivity contribution < 1.29 is 4.42 Å². The number of rotatable bonds is 5. The minimum absolute atomic E-state index is 0.528. The molecule has 0 bridgehead atoms. The first-order chi connectivity index (χ1) is 12.7. The molecule has 0 fully saturated rings. The minimum Gasteiger partial charge on any atom is -0.420 e.